The third kappa shape index (κ3) is 8.26. The van der Waals surface area contributed by atoms with Gasteiger partial charge in [-0.2, -0.15) is 0 Å². The number of carbonyl (C=O) groups is 6. The normalized spacial score (nSPS) is 17.4. The van der Waals surface area contributed by atoms with Crippen LogP contribution < -0.4 is 45.3 Å². The van der Waals surface area contributed by atoms with E-state index in [4.69, 9.17) is 16.3 Å². The van der Waals surface area contributed by atoms with Crippen molar-refractivity contribution in [3.63, 3.8) is 0 Å². The van der Waals surface area contributed by atoms with Crippen molar-refractivity contribution in [1.82, 2.24) is 15.5 Å². The van der Waals surface area contributed by atoms with Crippen LogP contribution in [0.15, 0.2) is 96.2 Å². The van der Waals surface area contributed by atoms with Gasteiger partial charge in [0.05, 0.1) is 11.7 Å². The van der Waals surface area contributed by atoms with Gasteiger partial charge in [0.15, 0.2) is 5.78 Å². The molecule has 0 bridgehead atoms. The van der Waals surface area contributed by atoms with Crippen LogP contribution in [0.3, 0.4) is 0 Å². The Morgan fingerprint density at radius 3 is 2.29 bits per heavy atom. The van der Waals surface area contributed by atoms with Crippen LogP contribution in [0, 0.1) is 0 Å². The average molecular weight is 696 g/mol. The molecule has 3 aromatic rings. The predicted molar refractivity (Wildman–Crippen MR) is 172 cm³/mol. The Kier molecular flexibility index (Phi) is 12.4. The van der Waals surface area contributed by atoms with Crippen molar-refractivity contribution in [3.05, 3.63) is 123 Å². The van der Waals surface area contributed by atoms with E-state index in [1.807, 2.05) is 0 Å². The number of carboxylic acid groups (broad SMARTS) is 1. The number of thioether (sulfide) groups is 1. The van der Waals surface area contributed by atoms with Crippen LogP contribution in [0.1, 0.15) is 44.8 Å². The summed E-state index contributed by atoms with van der Waals surface area (Å²) < 4.78 is 4.93. The number of β-lactam (4-membered cyclic amide) rings is 1. The molecule has 1 saturated heterocycles. The summed E-state index contributed by atoms with van der Waals surface area (Å²) in [6.07, 6.45) is 2.98. The summed E-state index contributed by atoms with van der Waals surface area (Å²) in [5.41, 5.74) is 1.46. The molecule has 3 atom stereocenters. The van der Waals surface area contributed by atoms with Crippen molar-refractivity contribution in [2.45, 2.75) is 24.4 Å². The smallest absolute Gasteiger partial charge is 0.543 e. The number of allylic oxidation sites excluding steroid dienone is 1. The number of nitrogens with one attached hydrogen (secondary N) is 2. The van der Waals surface area contributed by atoms with E-state index in [1.54, 1.807) is 60.7 Å². The number of fused-ring (bicyclic) bond motifs is 1. The first-order valence-corrected chi connectivity index (χ1v) is 15.7. The van der Waals surface area contributed by atoms with Gasteiger partial charge >= 0.3 is 35.5 Å². The van der Waals surface area contributed by atoms with E-state index >= 15 is 0 Å². The van der Waals surface area contributed by atoms with Crippen molar-refractivity contribution in [1.29, 1.82) is 0 Å². The zero-order chi connectivity index (χ0) is 33.7. The standard InChI is InChI=1S/C34H28ClN3O8S.Na/c1-19(39)46-17-24-18-47-33-28(32(43)38(33)29(24)34(44)45)37-31(42)27(22-8-3-2-4-9-22)36-30(41)23-13-11-21(12-14-23)26(40)16-15-20-7-5-6-10-25(20)35;/h2-16,27-28,33H,17-18H2,1H3,(H,36,41)(H,37,42)(H,44,45);/q;+1/p-1/t27?,28-,33-;/m1./s1. The average Bonchev–Trinajstić information content (AvgIpc) is 3.07. The van der Waals surface area contributed by atoms with Gasteiger partial charge in [-0.15, -0.1) is 11.8 Å². The second-order valence-corrected chi connectivity index (χ2v) is 12.0. The fourth-order valence-electron chi connectivity index (χ4n) is 5.03. The quantitative estimate of drug-likeness (QED) is 0.0901. The van der Waals surface area contributed by atoms with E-state index in [0.717, 1.165) is 4.90 Å². The van der Waals surface area contributed by atoms with E-state index in [1.165, 1.54) is 49.0 Å². The van der Waals surface area contributed by atoms with Gasteiger partial charge in [0.25, 0.3) is 11.8 Å². The molecular weight excluding hydrogens is 669 g/mol. The molecule has 1 fully saturated rings. The fraction of sp³-hybridized carbons (Fsp3) is 0.176. The first-order valence-electron chi connectivity index (χ1n) is 14.3. The zero-order valence-electron chi connectivity index (χ0n) is 25.8. The molecule has 2 aliphatic heterocycles. The number of aliphatic carboxylic acids is 1. The number of hydrogen-bond donors (Lipinski definition) is 2. The number of nitrogens with zero attached hydrogens (tertiary/aromatic N) is 1. The fourth-order valence-corrected chi connectivity index (χ4v) is 6.55. The van der Waals surface area contributed by atoms with E-state index in [2.05, 4.69) is 10.6 Å². The summed E-state index contributed by atoms with van der Waals surface area (Å²) in [5, 5.41) is 17.0. The predicted octanol–water partition coefficient (Wildman–Crippen LogP) is -0.322. The van der Waals surface area contributed by atoms with Gasteiger partial charge in [-0.05, 0) is 41.5 Å². The number of halogens is 1. The van der Waals surface area contributed by atoms with Crippen molar-refractivity contribution in [2.24, 2.45) is 0 Å². The molecule has 48 heavy (non-hydrogen) atoms. The minimum absolute atomic E-state index is 0. The third-order valence-electron chi connectivity index (χ3n) is 7.41. The molecule has 5 rings (SSSR count). The van der Waals surface area contributed by atoms with Crippen LogP contribution in [0.5, 0.6) is 0 Å². The number of ether oxygens (including phenoxy) is 1. The molecular formula is C34H27ClN3NaO8S. The zero-order valence-corrected chi connectivity index (χ0v) is 29.4. The molecule has 11 nitrogen and oxygen atoms in total. The van der Waals surface area contributed by atoms with Gasteiger partial charge < -0.3 is 25.3 Å². The number of hydrogen-bond acceptors (Lipinski definition) is 9. The maximum Gasteiger partial charge on any atom is 1.00 e. The van der Waals surface area contributed by atoms with Crippen LogP contribution in [0.2, 0.25) is 5.02 Å². The Morgan fingerprint density at radius 2 is 1.65 bits per heavy atom. The Hall–Kier alpha value is -4.20. The van der Waals surface area contributed by atoms with E-state index in [0.29, 0.717) is 21.7 Å². The van der Waals surface area contributed by atoms with Crippen molar-refractivity contribution in [2.75, 3.05) is 12.4 Å². The van der Waals surface area contributed by atoms with Crippen LogP contribution in [0.25, 0.3) is 6.08 Å². The second-order valence-electron chi connectivity index (χ2n) is 10.5. The number of benzene rings is 3. The second kappa shape index (κ2) is 16.3. The maximum absolute atomic E-state index is 13.6. The van der Waals surface area contributed by atoms with Crippen LogP contribution in [-0.2, 0) is 23.9 Å². The molecule has 2 aliphatic rings. The SMILES string of the molecule is CC(=O)OCC1=C(C(=O)[O-])N2C(=O)[C@@H](NC(=O)C(NC(=O)c3ccc(C(=O)C=Cc4ccccc4Cl)cc3)c3ccccc3)[C@H]2SC1.[Na+]. The molecule has 1 unspecified atom stereocenters. The van der Waals surface area contributed by atoms with Crippen molar-refractivity contribution < 1.29 is 68.2 Å². The van der Waals surface area contributed by atoms with Gasteiger partial charge in [0.2, 0.25) is 5.91 Å². The summed E-state index contributed by atoms with van der Waals surface area (Å²) in [6, 6.07) is 19.1. The Balaban J connectivity index is 0.00000520. The van der Waals surface area contributed by atoms with Crippen molar-refractivity contribution in [3.8, 4) is 0 Å². The number of amides is 3. The summed E-state index contributed by atoms with van der Waals surface area (Å²) in [5.74, 6) is -4.36. The summed E-state index contributed by atoms with van der Waals surface area (Å²) >= 11 is 7.34. The van der Waals surface area contributed by atoms with E-state index in [9.17, 15) is 33.9 Å². The molecule has 0 radical (unpaired) electrons. The van der Waals surface area contributed by atoms with Crippen molar-refractivity contribution >= 4 is 64.9 Å². The Morgan fingerprint density at radius 1 is 1.00 bits per heavy atom. The maximum atomic E-state index is 13.6. The molecule has 3 aromatic carbocycles. The van der Waals surface area contributed by atoms with Gasteiger partial charge in [0, 0.05) is 34.4 Å². The van der Waals surface area contributed by atoms with Crippen LogP contribution >= 0.6 is 23.4 Å². The van der Waals surface area contributed by atoms with Crippen LogP contribution in [0.4, 0.5) is 0 Å². The molecule has 0 aromatic heterocycles. The monoisotopic (exact) mass is 695 g/mol. The minimum atomic E-state index is -1.60. The molecule has 2 heterocycles. The summed E-state index contributed by atoms with van der Waals surface area (Å²) in [4.78, 5) is 76.8. The number of carbonyl (C=O) groups excluding carboxylic acids is 6. The third-order valence-corrected chi connectivity index (χ3v) is 9.09. The summed E-state index contributed by atoms with van der Waals surface area (Å²) in [7, 11) is 0. The molecule has 14 heteroatoms. The van der Waals surface area contributed by atoms with E-state index < -0.39 is 47.1 Å². The first kappa shape index (κ1) is 36.6. The molecule has 3 amide bonds. The molecule has 0 aliphatic carbocycles. The van der Waals surface area contributed by atoms with Gasteiger partial charge in [-0.25, -0.2) is 0 Å². The molecule has 2 N–H and O–H groups in total. The van der Waals surface area contributed by atoms with Gasteiger partial charge in [-0.1, -0.05) is 72.3 Å². The van der Waals surface area contributed by atoms with Gasteiger partial charge in [-0.3, -0.25) is 28.9 Å². The Bertz CT molecular complexity index is 1820. The van der Waals surface area contributed by atoms with Crippen LogP contribution in [-0.4, -0.2) is 64.1 Å². The number of carboxylic acids is 1. The number of esters is 1. The van der Waals surface area contributed by atoms with E-state index in [-0.39, 0.29) is 64.5 Å². The number of ketones is 1. The largest absolute Gasteiger partial charge is 1.00 e. The topological polar surface area (TPSA) is 162 Å². The molecule has 240 valence electrons. The summed E-state index contributed by atoms with van der Waals surface area (Å²) in [6.45, 7) is 0.870. The first-order chi connectivity index (χ1) is 22.5. The minimum Gasteiger partial charge on any atom is -0.543 e. The number of rotatable bonds is 11. The molecule has 0 spiro atoms. The Labute approximate surface area is 307 Å². The van der Waals surface area contributed by atoms with Gasteiger partial charge in [0.1, 0.15) is 24.1 Å². The molecule has 0 saturated carbocycles.